The molecule has 0 saturated carbocycles. The average Bonchev–Trinajstić information content (AvgIpc) is 2.34. The normalized spacial score (nSPS) is 16.1. The van der Waals surface area contributed by atoms with Gasteiger partial charge < -0.3 is 9.47 Å². The second-order valence-corrected chi connectivity index (χ2v) is 3.27. The number of alkyl halides is 8. The van der Waals surface area contributed by atoms with Crippen LogP contribution in [-0.4, -0.2) is 50.2 Å². The van der Waals surface area contributed by atoms with Gasteiger partial charge >= 0.3 is 36.0 Å². The van der Waals surface area contributed by atoms with Crippen molar-refractivity contribution in [3.05, 3.63) is 0 Å². The summed E-state index contributed by atoms with van der Waals surface area (Å²) in [5, 5.41) is 0. The van der Waals surface area contributed by atoms with Crippen LogP contribution in [-0.2, 0) is 23.8 Å². The number of halogens is 8. The summed E-state index contributed by atoms with van der Waals surface area (Å²) in [5.41, 5.74) is 0. The van der Waals surface area contributed by atoms with Crippen LogP contribution in [0.3, 0.4) is 0 Å². The van der Waals surface area contributed by atoms with Crippen molar-refractivity contribution in [3.63, 3.8) is 0 Å². The maximum absolute atomic E-state index is 13.3. The Bertz CT molecular complexity index is 419. The minimum Gasteiger partial charge on any atom is -0.465 e. The van der Waals surface area contributed by atoms with Crippen LogP contribution in [0, 0.1) is 0 Å². The fourth-order valence-corrected chi connectivity index (χ4v) is 0.834. The number of rotatable bonds is 5. The highest BCUT2D eigenvalue weighted by atomic mass is 19.4. The Balaban J connectivity index is 5.75. The lowest BCUT2D eigenvalue weighted by Gasteiger charge is -2.31. The molecule has 0 aromatic rings. The van der Waals surface area contributed by atoms with Crippen LogP contribution in [0.25, 0.3) is 0 Å². The molecule has 0 N–H and O–H groups in total. The van der Waals surface area contributed by atoms with Gasteiger partial charge in [0.2, 0.25) is 0 Å². The molecule has 0 saturated heterocycles. The quantitative estimate of drug-likeness (QED) is 0.567. The number of esters is 2. The van der Waals surface area contributed by atoms with Crippen molar-refractivity contribution in [1.82, 2.24) is 0 Å². The zero-order valence-corrected chi connectivity index (χ0v) is 10.1. The van der Waals surface area contributed by atoms with Gasteiger partial charge in [-0.1, -0.05) is 0 Å². The summed E-state index contributed by atoms with van der Waals surface area (Å²) in [6, 6.07) is 0. The van der Waals surface area contributed by atoms with Crippen molar-refractivity contribution in [2.75, 3.05) is 14.2 Å². The molecule has 0 unspecified atom stereocenters. The average molecular weight is 334 g/mol. The topological polar surface area (TPSA) is 61.8 Å². The predicted octanol–water partition coefficient (Wildman–Crippen LogP) is 1.81. The summed E-state index contributed by atoms with van der Waals surface area (Å²) in [7, 11) is 0.363. The summed E-state index contributed by atoms with van der Waals surface area (Å²) < 4.78 is 110. The molecular weight excluding hydrogens is 328 g/mol. The molecule has 0 spiro atoms. The van der Waals surface area contributed by atoms with Gasteiger partial charge in [-0.2, -0.15) is 35.1 Å². The van der Waals surface area contributed by atoms with Gasteiger partial charge in [-0.05, 0) is 0 Å². The van der Waals surface area contributed by atoms with Gasteiger partial charge in [0.15, 0.2) is 0 Å². The molecule has 5 nitrogen and oxygen atoms in total. The molecule has 0 heterocycles. The van der Waals surface area contributed by atoms with Crippen LogP contribution in [0.15, 0.2) is 0 Å². The Labute approximate surface area is 110 Å². The highest BCUT2D eigenvalue weighted by molar-refractivity contribution is 5.80. The molecule has 21 heavy (non-hydrogen) atoms. The van der Waals surface area contributed by atoms with E-state index in [0.29, 0.717) is 0 Å². The van der Waals surface area contributed by atoms with Gasteiger partial charge in [0.05, 0.1) is 14.2 Å². The first-order chi connectivity index (χ1) is 9.17. The second kappa shape index (κ2) is 5.61. The van der Waals surface area contributed by atoms with Crippen LogP contribution < -0.4 is 0 Å². The van der Waals surface area contributed by atoms with Crippen molar-refractivity contribution >= 4 is 11.9 Å². The van der Waals surface area contributed by atoms with Crippen molar-refractivity contribution in [2.45, 2.75) is 24.1 Å². The molecule has 1 atom stereocenters. The first kappa shape index (κ1) is 19.3. The minimum absolute atomic E-state index is 0.155. The maximum Gasteiger partial charge on any atom is 0.460 e. The third kappa shape index (κ3) is 3.33. The van der Waals surface area contributed by atoms with Crippen molar-refractivity contribution in [2.24, 2.45) is 0 Å². The Hall–Kier alpha value is -1.66. The number of hydrogen-bond acceptors (Lipinski definition) is 5. The van der Waals surface area contributed by atoms with E-state index in [4.69, 9.17) is 0 Å². The number of carbonyl (C=O) groups is 2. The predicted molar refractivity (Wildman–Crippen MR) is 44.9 cm³/mol. The van der Waals surface area contributed by atoms with E-state index in [1.807, 2.05) is 0 Å². The van der Waals surface area contributed by atoms with E-state index in [9.17, 15) is 44.7 Å². The molecular formula is C8H6F8O5. The Kier molecular flexibility index (Phi) is 5.17. The summed E-state index contributed by atoms with van der Waals surface area (Å²) >= 11 is 0. The Morgan fingerprint density at radius 2 is 1.14 bits per heavy atom. The van der Waals surface area contributed by atoms with Gasteiger partial charge in [0.25, 0.3) is 0 Å². The standard InChI is InChI=1S/C8H6F8O5/c1-19-3(17)5(9,10)8(15,16)21-6(11,4(18)20-2)7(12,13)14/h1-2H3/t6-/m1/s1. The number of methoxy groups -OCH3 is 2. The van der Waals surface area contributed by atoms with Crippen LogP contribution in [0.5, 0.6) is 0 Å². The molecule has 0 bridgehead atoms. The molecule has 0 aliphatic rings. The summed E-state index contributed by atoms with van der Waals surface area (Å²) in [6.45, 7) is 0. The van der Waals surface area contributed by atoms with Gasteiger partial charge in [0.1, 0.15) is 0 Å². The van der Waals surface area contributed by atoms with Crippen LogP contribution >= 0.6 is 0 Å². The molecule has 0 fully saturated rings. The lowest BCUT2D eigenvalue weighted by molar-refractivity contribution is -0.433. The first-order valence-corrected chi connectivity index (χ1v) is 4.55. The van der Waals surface area contributed by atoms with Gasteiger partial charge in [0, 0.05) is 0 Å². The third-order valence-electron chi connectivity index (χ3n) is 1.89. The molecule has 13 heteroatoms. The van der Waals surface area contributed by atoms with Crippen molar-refractivity contribution in [3.8, 4) is 0 Å². The molecule has 0 amide bonds. The van der Waals surface area contributed by atoms with E-state index in [1.165, 1.54) is 0 Å². The Morgan fingerprint density at radius 1 is 0.762 bits per heavy atom. The van der Waals surface area contributed by atoms with Crippen LogP contribution in [0.4, 0.5) is 35.1 Å². The lowest BCUT2D eigenvalue weighted by Crippen LogP contribution is -2.60. The third-order valence-corrected chi connectivity index (χ3v) is 1.89. The van der Waals surface area contributed by atoms with Crippen LogP contribution in [0.2, 0.25) is 0 Å². The SMILES string of the molecule is COC(=O)C(F)(F)C(F)(F)O[C@](F)(C(=O)OC)C(F)(F)F. The molecule has 0 rings (SSSR count). The van der Waals surface area contributed by atoms with E-state index >= 15 is 0 Å². The van der Waals surface area contributed by atoms with E-state index < -0.39 is 36.0 Å². The number of hydrogen-bond donors (Lipinski definition) is 0. The van der Waals surface area contributed by atoms with Gasteiger partial charge in [-0.15, -0.1) is 0 Å². The van der Waals surface area contributed by atoms with E-state index in [0.717, 1.165) is 0 Å². The largest absolute Gasteiger partial charge is 0.465 e. The summed E-state index contributed by atoms with van der Waals surface area (Å²) in [5.74, 6) is -18.0. The highest BCUT2D eigenvalue weighted by Crippen LogP contribution is 2.45. The summed E-state index contributed by atoms with van der Waals surface area (Å²) in [6.07, 6.45) is -12.9. The first-order valence-electron chi connectivity index (χ1n) is 4.55. The fraction of sp³-hybridized carbons (Fsp3) is 0.750. The van der Waals surface area contributed by atoms with E-state index in [2.05, 4.69) is 14.2 Å². The van der Waals surface area contributed by atoms with E-state index in [-0.39, 0.29) is 14.2 Å². The van der Waals surface area contributed by atoms with Crippen molar-refractivity contribution in [1.29, 1.82) is 0 Å². The molecule has 0 aromatic heterocycles. The minimum atomic E-state index is -6.49. The second-order valence-electron chi connectivity index (χ2n) is 3.27. The zero-order valence-electron chi connectivity index (χ0n) is 10.1. The maximum atomic E-state index is 13.3. The molecule has 124 valence electrons. The zero-order chi connectivity index (χ0) is 17.3. The van der Waals surface area contributed by atoms with Gasteiger partial charge in [-0.25, -0.2) is 9.59 Å². The molecule has 0 aliphatic heterocycles. The molecule has 0 aromatic carbocycles. The van der Waals surface area contributed by atoms with E-state index in [1.54, 1.807) is 0 Å². The fourth-order valence-electron chi connectivity index (χ4n) is 0.834. The number of ether oxygens (including phenoxy) is 3. The lowest BCUT2D eigenvalue weighted by atomic mass is 10.2. The van der Waals surface area contributed by atoms with Crippen molar-refractivity contribution < 1.29 is 58.9 Å². The summed E-state index contributed by atoms with van der Waals surface area (Å²) in [4.78, 5) is 21.0. The monoisotopic (exact) mass is 334 g/mol. The molecule has 0 radical (unpaired) electrons. The van der Waals surface area contributed by atoms with Crippen LogP contribution in [0.1, 0.15) is 0 Å². The Morgan fingerprint density at radius 3 is 1.43 bits per heavy atom. The van der Waals surface area contributed by atoms with Gasteiger partial charge in [-0.3, -0.25) is 4.74 Å². The molecule has 0 aliphatic carbocycles. The smallest absolute Gasteiger partial charge is 0.460 e. The highest BCUT2D eigenvalue weighted by Gasteiger charge is 2.75. The number of carbonyl (C=O) groups excluding carboxylic acids is 2.